The first kappa shape index (κ1) is 15.3. The number of ether oxygens (including phenoxy) is 1. The highest BCUT2D eigenvalue weighted by atomic mass is 32.1. The summed E-state index contributed by atoms with van der Waals surface area (Å²) in [5.74, 6) is 0. The molecule has 1 aromatic carbocycles. The molecule has 0 aromatic heterocycles. The molecule has 0 spiro atoms. The Bertz CT molecular complexity index is 488. The van der Waals surface area contributed by atoms with Crippen molar-refractivity contribution >= 4 is 23.0 Å². The van der Waals surface area contributed by atoms with E-state index in [0.29, 0.717) is 13.3 Å². The van der Waals surface area contributed by atoms with E-state index in [-0.39, 0.29) is 11.0 Å². The summed E-state index contributed by atoms with van der Waals surface area (Å²) in [4.78, 5) is 2.08. The van der Waals surface area contributed by atoms with E-state index in [1.54, 1.807) is 0 Å². The van der Waals surface area contributed by atoms with Crippen molar-refractivity contribution in [1.29, 1.82) is 0 Å². The van der Waals surface area contributed by atoms with Crippen molar-refractivity contribution in [3.05, 3.63) is 29.8 Å². The van der Waals surface area contributed by atoms with Crippen LogP contribution in [0.2, 0.25) is 0 Å². The lowest BCUT2D eigenvalue weighted by Crippen LogP contribution is -2.46. The molecule has 1 N–H and O–H groups in total. The normalized spacial score (nSPS) is 18.1. The van der Waals surface area contributed by atoms with Crippen LogP contribution in [0.15, 0.2) is 24.3 Å². The van der Waals surface area contributed by atoms with Crippen molar-refractivity contribution in [3.63, 3.8) is 0 Å². The predicted molar refractivity (Wildman–Crippen MR) is 88.1 cm³/mol. The summed E-state index contributed by atoms with van der Waals surface area (Å²) in [6, 6.07) is 8.46. The molecule has 4 heteroatoms. The maximum absolute atomic E-state index is 5.49. The Kier molecular flexibility index (Phi) is 4.07. The van der Waals surface area contributed by atoms with Crippen LogP contribution in [0.5, 0.6) is 0 Å². The highest BCUT2D eigenvalue weighted by Crippen LogP contribution is 2.25. The van der Waals surface area contributed by atoms with E-state index in [4.69, 9.17) is 17.0 Å². The van der Waals surface area contributed by atoms with Gasteiger partial charge in [0.25, 0.3) is 0 Å². The number of hydrogen-bond donors (Lipinski definition) is 1. The fraction of sp³-hybridized carbons (Fsp3) is 0.562. The lowest BCUT2D eigenvalue weighted by molar-refractivity contribution is 0.169. The first-order valence-electron chi connectivity index (χ1n) is 6.97. The summed E-state index contributed by atoms with van der Waals surface area (Å²) < 4.78 is 5.49. The molecule has 3 nitrogen and oxygen atoms in total. The summed E-state index contributed by atoms with van der Waals surface area (Å²) in [5, 5.41) is 4.01. The van der Waals surface area contributed by atoms with Crippen molar-refractivity contribution < 1.29 is 4.74 Å². The first-order chi connectivity index (χ1) is 9.20. The van der Waals surface area contributed by atoms with Gasteiger partial charge < -0.3 is 15.0 Å². The molecule has 1 aliphatic rings. The average molecular weight is 292 g/mol. The Hall–Kier alpha value is -1.13. The lowest BCUT2D eigenvalue weighted by atomic mass is 9.87. The van der Waals surface area contributed by atoms with Gasteiger partial charge in [-0.15, -0.1) is 0 Å². The van der Waals surface area contributed by atoms with Crippen molar-refractivity contribution in [2.45, 2.75) is 45.6 Å². The second-order valence-electron chi connectivity index (χ2n) is 6.98. The third kappa shape index (κ3) is 3.30. The quantitative estimate of drug-likeness (QED) is 0.797. The maximum atomic E-state index is 5.49. The van der Waals surface area contributed by atoms with Crippen LogP contribution >= 0.6 is 12.2 Å². The minimum absolute atomic E-state index is 0.0462. The first-order valence-corrected chi connectivity index (χ1v) is 7.38. The molecule has 2 rings (SSSR count). The molecule has 0 aliphatic carbocycles. The van der Waals surface area contributed by atoms with Crippen LogP contribution in [0.25, 0.3) is 0 Å². The number of nitrogens with one attached hydrogen (secondary N) is 1. The molecule has 0 bridgehead atoms. The van der Waals surface area contributed by atoms with Gasteiger partial charge in [-0.3, -0.25) is 0 Å². The largest absolute Gasteiger partial charge is 0.359 e. The summed E-state index contributed by atoms with van der Waals surface area (Å²) in [7, 11) is 0. The Balaban J connectivity index is 2.05. The summed E-state index contributed by atoms with van der Waals surface area (Å²) in [5.41, 5.74) is 2.46. The van der Waals surface area contributed by atoms with E-state index in [2.05, 4.69) is 69.1 Å². The summed E-state index contributed by atoms with van der Waals surface area (Å²) in [6.45, 7) is 12.2. The number of benzene rings is 1. The van der Waals surface area contributed by atoms with Crippen molar-refractivity contribution in [1.82, 2.24) is 4.90 Å². The smallest absolute Gasteiger partial charge is 0.175 e. The van der Waals surface area contributed by atoms with Crippen LogP contribution in [-0.2, 0) is 10.2 Å². The second kappa shape index (κ2) is 5.34. The molecule has 0 atom stereocenters. The molecule has 1 aromatic rings. The molecule has 0 amide bonds. The Morgan fingerprint density at radius 1 is 1.25 bits per heavy atom. The van der Waals surface area contributed by atoms with Crippen LogP contribution in [0.1, 0.15) is 40.2 Å². The van der Waals surface area contributed by atoms with Gasteiger partial charge in [-0.2, -0.15) is 0 Å². The molecule has 1 fully saturated rings. The van der Waals surface area contributed by atoms with E-state index < -0.39 is 0 Å². The number of rotatable bonds is 1. The van der Waals surface area contributed by atoms with Gasteiger partial charge in [0.1, 0.15) is 6.73 Å². The molecule has 1 saturated heterocycles. The third-order valence-electron chi connectivity index (χ3n) is 3.65. The zero-order valence-electron chi connectivity index (χ0n) is 13.0. The maximum Gasteiger partial charge on any atom is 0.175 e. The lowest BCUT2D eigenvalue weighted by Gasteiger charge is -2.31. The van der Waals surface area contributed by atoms with E-state index in [1.807, 2.05) is 0 Å². The standard InChI is InChI=1S/C16H24N2OS/c1-15(2,3)12-6-8-13(9-7-12)17-14(20)18-11-19-10-16(18,4)5/h6-9H,10-11H2,1-5H3,(H,17,20). The minimum Gasteiger partial charge on any atom is -0.359 e. The Morgan fingerprint density at radius 3 is 2.30 bits per heavy atom. The van der Waals surface area contributed by atoms with Crippen molar-refractivity contribution in [3.8, 4) is 0 Å². The van der Waals surface area contributed by atoms with Crippen LogP contribution in [0.4, 0.5) is 5.69 Å². The molecule has 0 unspecified atom stereocenters. The summed E-state index contributed by atoms with van der Waals surface area (Å²) in [6.07, 6.45) is 0. The van der Waals surface area contributed by atoms with Crippen molar-refractivity contribution in [2.75, 3.05) is 18.7 Å². The highest BCUT2D eigenvalue weighted by Gasteiger charge is 2.34. The van der Waals surface area contributed by atoms with Crippen LogP contribution in [-0.4, -0.2) is 28.9 Å². The Morgan fingerprint density at radius 2 is 1.85 bits per heavy atom. The van der Waals surface area contributed by atoms with Gasteiger partial charge in [0.05, 0.1) is 12.1 Å². The molecular formula is C16H24N2OS. The van der Waals surface area contributed by atoms with Gasteiger partial charge in [-0.25, -0.2) is 0 Å². The van der Waals surface area contributed by atoms with E-state index in [9.17, 15) is 0 Å². The molecular weight excluding hydrogens is 268 g/mol. The van der Waals surface area contributed by atoms with Gasteiger partial charge >= 0.3 is 0 Å². The van der Waals surface area contributed by atoms with Crippen LogP contribution < -0.4 is 5.32 Å². The molecule has 0 saturated carbocycles. The molecule has 1 heterocycles. The average Bonchev–Trinajstić information content (AvgIpc) is 2.68. The van der Waals surface area contributed by atoms with Gasteiger partial charge in [0, 0.05) is 5.69 Å². The predicted octanol–water partition coefficient (Wildman–Crippen LogP) is 3.75. The molecule has 20 heavy (non-hydrogen) atoms. The van der Waals surface area contributed by atoms with Gasteiger partial charge in [0.2, 0.25) is 0 Å². The monoisotopic (exact) mass is 292 g/mol. The van der Waals surface area contributed by atoms with Gasteiger partial charge in [-0.1, -0.05) is 32.9 Å². The topological polar surface area (TPSA) is 24.5 Å². The fourth-order valence-electron chi connectivity index (χ4n) is 2.22. The molecule has 110 valence electrons. The molecule has 1 aliphatic heterocycles. The van der Waals surface area contributed by atoms with E-state index in [1.165, 1.54) is 5.56 Å². The van der Waals surface area contributed by atoms with Crippen LogP contribution in [0, 0.1) is 0 Å². The fourth-order valence-corrected chi connectivity index (χ4v) is 2.64. The molecule has 0 radical (unpaired) electrons. The Labute approximate surface area is 127 Å². The minimum atomic E-state index is -0.0462. The number of hydrogen-bond acceptors (Lipinski definition) is 2. The number of nitrogens with zero attached hydrogens (tertiary/aromatic N) is 1. The SMILES string of the molecule is CC(C)(C)c1ccc(NC(=S)N2COCC2(C)C)cc1. The number of anilines is 1. The number of thiocarbonyl (C=S) groups is 1. The summed E-state index contributed by atoms with van der Waals surface area (Å²) >= 11 is 5.49. The highest BCUT2D eigenvalue weighted by molar-refractivity contribution is 7.80. The van der Waals surface area contributed by atoms with E-state index in [0.717, 1.165) is 10.8 Å². The van der Waals surface area contributed by atoms with Crippen molar-refractivity contribution in [2.24, 2.45) is 0 Å². The van der Waals surface area contributed by atoms with Crippen LogP contribution in [0.3, 0.4) is 0 Å². The van der Waals surface area contributed by atoms with E-state index >= 15 is 0 Å². The zero-order chi connectivity index (χ0) is 15.0. The third-order valence-corrected chi connectivity index (χ3v) is 3.98. The second-order valence-corrected chi connectivity index (χ2v) is 7.36. The zero-order valence-corrected chi connectivity index (χ0v) is 13.8. The van der Waals surface area contributed by atoms with Gasteiger partial charge in [-0.05, 0) is 49.2 Å². The van der Waals surface area contributed by atoms with Gasteiger partial charge in [0.15, 0.2) is 5.11 Å².